The smallest absolute Gasteiger partial charge is 0.124 e. The molecular formula is C14H21NO2. The molecule has 1 heterocycles. The number of methoxy groups -OCH3 is 1. The van der Waals surface area contributed by atoms with Crippen LogP contribution in [-0.2, 0) is 0 Å². The Morgan fingerprint density at radius 2 is 2.24 bits per heavy atom. The molecule has 0 bridgehead atoms. The number of ether oxygens (including phenoxy) is 1. The van der Waals surface area contributed by atoms with Crippen molar-refractivity contribution in [3.63, 3.8) is 0 Å². The van der Waals surface area contributed by atoms with E-state index in [1.54, 1.807) is 7.11 Å². The summed E-state index contributed by atoms with van der Waals surface area (Å²) in [6.45, 7) is 5.14. The minimum Gasteiger partial charge on any atom is -0.496 e. The lowest BCUT2D eigenvalue weighted by Gasteiger charge is -2.21. The number of β-amino-alcohol motifs (C(OH)–C–C–N with tert-alkyl or cyclic N) is 1. The minimum atomic E-state index is -0.462. The minimum absolute atomic E-state index is 0.462. The summed E-state index contributed by atoms with van der Waals surface area (Å²) in [5.41, 5.74) is 0.884. The Morgan fingerprint density at radius 1 is 1.47 bits per heavy atom. The van der Waals surface area contributed by atoms with Crippen LogP contribution in [0.15, 0.2) is 24.3 Å². The van der Waals surface area contributed by atoms with Gasteiger partial charge in [0.25, 0.3) is 0 Å². The number of rotatable bonds is 4. The number of nitrogens with zero attached hydrogens (tertiary/aromatic N) is 1. The Hall–Kier alpha value is -1.06. The Morgan fingerprint density at radius 3 is 2.88 bits per heavy atom. The Kier molecular flexibility index (Phi) is 4.02. The molecule has 1 fully saturated rings. The average Bonchev–Trinajstić information content (AvgIpc) is 2.74. The van der Waals surface area contributed by atoms with E-state index < -0.39 is 6.10 Å². The predicted octanol–water partition coefficient (Wildman–Crippen LogP) is 2.07. The predicted molar refractivity (Wildman–Crippen MR) is 68.2 cm³/mol. The maximum Gasteiger partial charge on any atom is 0.124 e. The van der Waals surface area contributed by atoms with Crippen LogP contribution in [0.3, 0.4) is 0 Å². The van der Waals surface area contributed by atoms with Crippen LogP contribution in [0.2, 0.25) is 0 Å². The number of aliphatic hydroxyl groups excluding tert-OH is 1. The molecule has 1 saturated heterocycles. The first-order valence-electron chi connectivity index (χ1n) is 6.24. The van der Waals surface area contributed by atoms with E-state index in [0.717, 1.165) is 30.3 Å². The number of hydrogen-bond acceptors (Lipinski definition) is 3. The summed E-state index contributed by atoms with van der Waals surface area (Å²) in [7, 11) is 1.64. The summed E-state index contributed by atoms with van der Waals surface area (Å²) in [5.74, 6) is 1.52. The Labute approximate surface area is 103 Å². The molecule has 1 aromatic rings. The van der Waals surface area contributed by atoms with Gasteiger partial charge in [0.05, 0.1) is 13.2 Å². The van der Waals surface area contributed by atoms with Gasteiger partial charge < -0.3 is 14.7 Å². The van der Waals surface area contributed by atoms with Crippen molar-refractivity contribution < 1.29 is 9.84 Å². The zero-order valence-corrected chi connectivity index (χ0v) is 10.6. The van der Waals surface area contributed by atoms with E-state index >= 15 is 0 Å². The van der Waals surface area contributed by atoms with E-state index in [9.17, 15) is 5.11 Å². The standard InChI is InChI=1S/C14H21NO2/c1-11-7-8-15(9-11)10-13(16)12-5-3-4-6-14(12)17-2/h3-6,11,13,16H,7-10H2,1-2H3. The first-order valence-corrected chi connectivity index (χ1v) is 6.24. The van der Waals surface area contributed by atoms with Crippen molar-refractivity contribution in [1.82, 2.24) is 4.90 Å². The molecule has 0 radical (unpaired) electrons. The van der Waals surface area contributed by atoms with Crippen molar-refractivity contribution in [2.45, 2.75) is 19.4 Å². The lowest BCUT2D eigenvalue weighted by Crippen LogP contribution is -2.26. The van der Waals surface area contributed by atoms with Crippen LogP contribution in [0.1, 0.15) is 25.0 Å². The van der Waals surface area contributed by atoms with Crippen molar-refractivity contribution in [2.24, 2.45) is 5.92 Å². The van der Waals surface area contributed by atoms with Crippen LogP contribution >= 0.6 is 0 Å². The second kappa shape index (κ2) is 5.52. The van der Waals surface area contributed by atoms with Gasteiger partial charge >= 0.3 is 0 Å². The van der Waals surface area contributed by atoms with Gasteiger partial charge in [0.15, 0.2) is 0 Å². The maximum atomic E-state index is 10.3. The van der Waals surface area contributed by atoms with Crippen LogP contribution in [-0.4, -0.2) is 36.8 Å². The molecule has 3 nitrogen and oxygen atoms in total. The van der Waals surface area contributed by atoms with E-state index in [-0.39, 0.29) is 0 Å². The normalized spacial score (nSPS) is 22.6. The fourth-order valence-corrected chi connectivity index (χ4v) is 2.48. The van der Waals surface area contributed by atoms with Crippen LogP contribution < -0.4 is 4.74 Å². The fraction of sp³-hybridized carbons (Fsp3) is 0.571. The van der Waals surface area contributed by atoms with Gasteiger partial charge in [-0.05, 0) is 24.9 Å². The molecule has 17 heavy (non-hydrogen) atoms. The van der Waals surface area contributed by atoms with Gasteiger partial charge in [-0.25, -0.2) is 0 Å². The third-order valence-electron chi connectivity index (χ3n) is 3.44. The zero-order valence-electron chi connectivity index (χ0n) is 10.6. The highest BCUT2D eigenvalue weighted by molar-refractivity contribution is 5.35. The van der Waals surface area contributed by atoms with Crippen LogP contribution in [0.4, 0.5) is 0 Å². The van der Waals surface area contributed by atoms with Crippen molar-refractivity contribution >= 4 is 0 Å². The zero-order chi connectivity index (χ0) is 12.3. The second-order valence-corrected chi connectivity index (χ2v) is 4.91. The molecule has 1 N–H and O–H groups in total. The van der Waals surface area contributed by atoms with Gasteiger partial charge in [-0.1, -0.05) is 25.1 Å². The number of benzene rings is 1. The number of para-hydroxylation sites is 1. The highest BCUT2D eigenvalue weighted by atomic mass is 16.5. The van der Waals surface area contributed by atoms with Crippen LogP contribution in [0, 0.1) is 5.92 Å². The monoisotopic (exact) mass is 235 g/mol. The summed E-state index contributed by atoms with van der Waals surface area (Å²) >= 11 is 0. The van der Waals surface area contributed by atoms with E-state index in [0.29, 0.717) is 6.54 Å². The molecule has 2 rings (SSSR count). The molecule has 0 aromatic heterocycles. The molecule has 0 spiro atoms. The van der Waals surface area contributed by atoms with Crippen LogP contribution in [0.25, 0.3) is 0 Å². The van der Waals surface area contributed by atoms with Gasteiger partial charge in [0.2, 0.25) is 0 Å². The number of hydrogen-bond donors (Lipinski definition) is 1. The first-order chi connectivity index (χ1) is 8.20. The molecule has 2 atom stereocenters. The molecule has 1 aliphatic rings. The van der Waals surface area contributed by atoms with E-state index in [2.05, 4.69) is 11.8 Å². The van der Waals surface area contributed by atoms with Gasteiger partial charge in [0, 0.05) is 18.7 Å². The lowest BCUT2D eigenvalue weighted by molar-refractivity contribution is 0.122. The van der Waals surface area contributed by atoms with Gasteiger partial charge in [0.1, 0.15) is 5.75 Å². The summed E-state index contributed by atoms with van der Waals surface area (Å²) < 4.78 is 5.27. The van der Waals surface area contributed by atoms with Crippen molar-refractivity contribution in [3.05, 3.63) is 29.8 Å². The van der Waals surface area contributed by atoms with E-state index in [1.165, 1.54) is 6.42 Å². The summed E-state index contributed by atoms with van der Waals surface area (Å²) in [6.07, 6.45) is 0.773. The maximum absolute atomic E-state index is 10.3. The van der Waals surface area contributed by atoms with Gasteiger partial charge in [-0.15, -0.1) is 0 Å². The van der Waals surface area contributed by atoms with E-state index in [1.807, 2.05) is 24.3 Å². The summed E-state index contributed by atoms with van der Waals surface area (Å²) in [6, 6.07) is 7.69. The molecule has 1 aromatic carbocycles. The average molecular weight is 235 g/mol. The van der Waals surface area contributed by atoms with Gasteiger partial charge in [-0.2, -0.15) is 0 Å². The summed E-state index contributed by atoms with van der Waals surface area (Å²) in [5, 5.41) is 10.3. The molecule has 3 heteroatoms. The van der Waals surface area contributed by atoms with Gasteiger partial charge in [-0.3, -0.25) is 0 Å². The SMILES string of the molecule is COc1ccccc1C(O)CN1CCC(C)C1. The third-order valence-corrected chi connectivity index (χ3v) is 3.44. The highest BCUT2D eigenvalue weighted by Gasteiger charge is 2.22. The summed E-state index contributed by atoms with van der Waals surface area (Å²) in [4.78, 5) is 2.32. The molecular weight excluding hydrogens is 214 g/mol. The molecule has 94 valence electrons. The lowest BCUT2D eigenvalue weighted by atomic mass is 10.1. The topological polar surface area (TPSA) is 32.7 Å². The quantitative estimate of drug-likeness (QED) is 0.867. The fourth-order valence-electron chi connectivity index (χ4n) is 2.48. The van der Waals surface area contributed by atoms with Crippen LogP contribution in [0.5, 0.6) is 5.75 Å². The molecule has 2 unspecified atom stereocenters. The third kappa shape index (κ3) is 2.99. The highest BCUT2D eigenvalue weighted by Crippen LogP contribution is 2.26. The second-order valence-electron chi connectivity index (χ2n) is 4.91. The molecule has 0 saturated carbocycles. The Balaban J connectivity index is 2.01. The molecule has 1 aliphatic heterocycles. The Bertz CT molecular complexity index is 367. The molecule has 0 amide bonds. The first kappa shape index (κ1) is 12.4. The molecule has 0 aliphatic carbocycles. The van der Waals surface area contributed by atoms with E-state index in [4.69, 9.17) is 4.74 Å². The number of likely N-dealkylation sites (tertiary alicyclic amines) is 1. The number of aliphatic hydroxyl groups is 1. The van der Waals surface area contributed by atoms with Crippen molar-refractivity contribution in [1.29, 1.82) is 0 Å². The largest absolute Gasteiger partial charge is 0.496 e. The van der Waals surface area contributed by atoms with Crippen molar-refractivity contribution in [3.8, 4) is 5.75 Å². The van der Waals surface area contributed by atoms with Crippen molar-refractivity contribution in [2.75, 3.05) is 26.7 Å².